The number of hydrogen-bond acceptors (Lipinski definition) is 3. The van der Waals surface area contributed by atoms with Crippen LogP contribution in [-0.4, -0.2) is 4.98 Å². The second-order valence-electron chi connectivity index (χ2n) is 3.49. The van der Waals surface area contributed by atoms with Gasteiger partial charge in [-0.1, -0.05) is 12.1 Å². The molecular weight excluding hydrogens is 206 g/mol. The summed E-state index contributed by atoms with van der Waals surface area (Å²) >= 11 is 0. The molecule has 0 bridgehead atoms. The van der Waals surface area contributed by atoms with E-state index in [0.717, 1.165) is 0 Å². The lowest BCUT2D eigenvalue weighted by Gasteiger charge is -1.97. The van der Waals surface area contributed by atoms with E-state index in [4.69, 9.17) is 4.42 Å². The van der Waals surface area contributed by atoms with Crippen molar-refractivity contribution in [1.29, 1.82) is 0 Å². The standard InChI is InChI=1S/C12H7NO3/c14-8-5-6-9(15)12-11(8)13-7-3-1-2-4-10(7)16-12/h1-6,13H. The molecule has 1 aliphatic heterocycles. The highest BCUT2D eigenvalue weighted by molar-refractivity contribution is 5.70. The lowest BCUT2D eigenvalue weighted by atomic mass is 10.3. The van der Waals surface area contributed by atoms with Crippen molar-refractivity contribution >= 4 is 11.1 Å². The van der Waals surface area contributed by atoms with Crippen LogP contribution in [0.5, 0.6) is 0 Å². The number of aromatic nitrogens is 1. The monoisotopic (exact) mass is 213 g/mol. The van der Waals surface area contributed by atoms with Gasteiger partial charge in [-0.3, -0.25) is 9.59 Å². The zero-order valence-corrected chi connectivity index (χ0v) is 8.19. The minimum atomic E-state index is -0.295. The first-order chi connectivity index (χ1) is 7.75. The first-order valence-corrected chi connectivity index (χ1v) is 4.80. The fourth-order valence-electron chi connectivity index (χ4n) is 1.67. The molecular formula is C12H7NO3. The third-order valence-electron chi connectivity index (χ3n) is 2.44. The maximum Gasteiger partial charge on any atom is 0.223 e. The average molecular weight is 213 g/mol. The molecule has 0 spiro atoms. The van der Waals surface area contributed by atoms with E-state index in [1.165, 1.54) is 12.1 Å². The van der Waals surface area contributed by atoms with Crippen LogP contribution >= 0.6 is 0 Å². The van der Waals surface area contributed by atoms with Crippen molar-refractivity contribution in [2.45, 2.75) is 0 Å². The lowest BCUT2D eigenvalue weighted by Crippen LogP contribution is -2.13. The first-order valence-electron chi connectivity index (χ1n) is 4.80. The fraction of sp³-hybridized carbons (Fsp3) is 0. The molecule has 16 heavy (non-hydrogen) atoms. The molecule has 0 aromatic heterocycles. The van der Waals surface area contributed by atoms with Gasteiger partial charge in [0.1, 0.15) is 5.35 Å². The highest BCUT2D eigenvalue weighted by Gasteiger charge is 2.02. The van der Waals surface area contributed by atoms with Gasteiger partial charge in [0.15, 0.2) is 5.58 Å². The second kappa shape index (κ2) is 3.06. The zero-order chi connectivity index (χ0) is 11.1. The fourth-order valence-corrected chi connectivity index (χ4v) is 1.67. The molecule has 0 atom stereocenters. The molecule has 2 aliphatic rings. The molecule has 0 radical (unpaired) electrons. The number of rotatable bonds is 0. The summed E-state index contributed by atoms with van der Waals surface area (Å²) in [5.41, 5.74) is 0.780. The Labute approximate surface area is 88.8 Å². The first kappa shape index (κ1) is 8.91. The minimum absolute atomic E-state index is 0.0752. The number of H-pyrrole nitrogens is 1. The van der Waals surface area contributed by atoms with Crippen LogP contribution in [0.15, 0.2) is 50.4 Å². The van der Waals surface area contributed by atoms with Gasteiger partial charge in [0.05, 0.1) is 5.52 Å². The van der Waals surface area contributed by atoms with E-state index in [9.17, 15) is 9.59 Å². The van der Waals surface area contributed by atoms with Crippen molar-refractivity contribution in [3.8, 4) is 0 Å². The van der Waals surface area contributed by atoms with Gasteiger partial charge in [0.25, 0.3) is 0 Å². The quantitative estimate of drug-likeness (QED) is 0.610. The Balaban J connectivity index is 2.75. The molecule has 1 aromatic carbocycles. The number of benzene rings is 1. The molecule has 1 heterocycles. The largest absolute Gasteiger partial charge is 0.449 e. The van der Waals surface area contributed by atoms with Gasteiger partial charge in [0, 0.05) is 0 Å². The summed E-state index contributed by atoms with van der Waals surface area (Å²) < 4.78 is 5.41. The molecule has 0 saturated carbocycles. The summed E-state index contributed by atoms with van der Waals surface area (Å²) in [6.45, 7) is 0. The summed E-state index contributed by atoms with van der Waals surface area (Å²) in [5.74, 6) is 0. The molecule has 0 amide bonds. The van der Waals surface area contributed by atoms with Crippen LogP contribution in [0, 0.1) is 10.8 Å². The third kappa shape index (κ3) is 1.16. The number of nitrogens with one attached hydrogen (secondary N) is 1. The van der Waals surface area contributed by atoms with E-state index in [1.54, 1.807) is 18.2 Å². The maximum absolute atomic E-state index is 11.5. The van der Waals surface area contributed by atoms with E-state index >= 15 is 0 Å². The minimum Gasteiger partial charge on any atom is -0.449 e. The Morgan fingerprint density at radius 3 is 2.56 bits per heavy atom. The highest BCUT2D eigenvalue weighted by atomic mass is 16.3. The van der Waals surface area contributed by atoms with Crippen LogP contribution in [0.3, 0.4) is 0 Å². The molecule has 0 saturated heterocycles. The Morgan fingerprint density at radius 2 is 1.69 bits per heavy atom. The van der Waals surface area contributed by atoms with E-state index in [1.807, 2.05) is 6.07 Å². The average Bonchev–Trinajstić information content (AvgIpc) is 2.32. The van der Waals surface area contributed by atoms with Gasteiger partial charge >= 0.3 is 0 Å². The molecule has 4 heteroatoms. The Kier molecular flexibility index (Phi) is 1.71. The van der Waals surface area contributed by atoms with Crippen molar-refractivity contribution in [2.24, 2.45) is 0 Å². The number of hydrogen-bond donors (Lipinski definition) is 1. The van der Waals surface area contributed by atoms with Crippen LogP contribution in [0.4, 0.5) is 0 Å². The van der Waals surface area contributed by atoms with Crippen LogP contribution in [0.25, 0.3) is 11.1 Å². The molecule has 1 aromatic rings. The van der Waals surface area contributed by atoms with E-state index < -0.39 is 0 Å². The van der Waals surface area contributed by atoms with Gasteiger partial charge in [-0.25, -0.2) is 0 Å². The molecule has 3 rings (SSSR count). The highest BCUT2D eigenvalue weighted by Crippen LogP contribution is 2.09. The van der Waals surface area contributed by atoms with Crippen LogP contribution < -0.4 is 10.9 Å². The smallest absolute Gasteiger partial charge is 0.223 e. The molecule has 0 fully saturated rings. The third-order valence-corrected chi connectivity index (χ3v) is 2.44. The van der Waals surface area contributed by atoms with Crippen molar-refractivity contribution in [2.75, 3.05) is 0 Å². The Morgan fingerprint density at radius 1 is 0.938 bits per heavy atom. The second-order valence-corrected chi connectivity index (χ2v) is 3.49. The van der Waals surface area contributed by atoms with Gasteiger partial charge < -0.3 is 9.40 Å². The summed E-state index contributed by atoms with van der Waals surface area (Å²) in [6, 6.07) is 9.61. The summed E-state index contributed by atoms with van der Waals surface area (Å²) in [7, 11) is 0. The van der Waals surface area contributed by atoms with Gasteiger partial charge in [-0.05, 0) is 24.3 Å². The van der Waals surface area contributed by atoms with Crippen LogP contribution in [-0.2, 0) is 0 Å². The summed E-state index contributed by atoms with van der Waals surface area (Å²) in [4.78, 5) is 26.0. The number of fused-ring (bicyclic) bond motifs is 1. The topological polar surface area (TPSA) is 63.1 Å². The SMILES string of the molecule is O=c1ccc(=O)c2oc3ccccc3[nH]c1=2. The number of aromatic amines is 1. The lowest BCUT2D eigenvalue weighted by molar-refractivity contribution is 0.555. The van der Waals surface area contributed by atoms with Crippen LogP contribution in [0.2, 0.25) is 0 Å². The Hall–Kier alpha value is -2.36. The molecule has 1 N–H and O–H groups in total. The predicted octanol–water partition coefficient (Wildman–Crippen LogP) is 1.21. The zero-order valence-electron chi connectivity index (χ0n) is 8.19. The van der Waals surface area contributed by atoms with Gasteiger partial charge in [-0.15, -0.1) is 0 Å². The summed E-state index contributed by atoms with van der Waals surface area (Å²) in [6.07, 6.45) is 0. The molecule has 0 unspecified atom stereocenters. The van der Waals surface area contributed by atoms with E-state index in [0.29, 0.717) is 11.1 Å². The molecule has 78 valence electrons. The maximum atomic E-state index is 11.5. The van der Waals surface area contributed by atoms with Crippen molar-refractivity contribution in [3.05, 3.63) is 67.6 Å². The van der Waals surface area contributed by atoms with Gasteiger partial charge in [-0.2, -0.15) is 0 Å². The van der Waals surface area contributed by atoms with Crippen LogP contribution in [0.1, 0.15) is 0 Å². The van der Waals surface area contributed by atoms with Gasteiger partial charge in [0.2, 0.25) is 16.3 Å². The predicted molar refractivity (Wildman–Crippen MR) is 58.4 cm³/mol. The van der Waals surface area contributed by atoms with Crippen molar-refractivity contribution in [1.82, 2.24) is 4.98 Å². The normalized spacial score (nSPS) is 11.0. The summed E-state index contributed by atoms with van der Waals surface area (Å²) in [5, 5.41) is 0.214. The van der Waals surface area contributed by atoms with E-state index in [2.05, 4.69) is 4.98 Å². The van der Waals surface area contributed by atoms with Crippen molar-refractivity contribution < 1.29 is 4.42 Å². The van der Waals surface area contributed by atoms with Crippen molar-refractivity contribution in [3.63, 3.8) is 0 Å². The van der Waals surface area contributed by atoms with E-state index in [-0.39, 0.29) is 21.6 Å². The molecule has 1 aliphatic carbocycles. The number of para-hydroxylation sites is 2. The molecule has 4 nitrogen and oxygen atoms in total. The Bertz CT molecular complexity index is 773.